The third-order valence-corrected chi connectivity index (χ3v) is 9.62. The van der Waals surface area contributed by atoms with Crippen LogP contribution in [0.15, 0.2) is 121 Å². The number of amides is 2. The molecule has 0 aliphatic heterocycles. The Morgan fingerprint density at radius 3 is 1.22 bits per heavy atom. The summed E-state index contributed by atoms with van der Waals surface area (Å²) in [6.45, 7) is -0.645. The van der Waals surface area contributed by atoms with Crippen LogP contribution in [0, 0.1) is 16.6 Å². The van der Waals surface area contributed by atoms with Gasteiger partial charge in [-0.05, 0) is 35.1 Å². The maximum atomic E-state index is 14.1. The van der Waals surface area contributed by atoms with Gasteiger partial charge in [0.05, 0.1) is 37.1 Å². The lowest BCUT2D eigenvalue weighted by Gasteiger charge is -2.30. The summed E-state index contributed by atoms with van der Waals surface area (Å²) < 4.78 is 23.0. The second-order valence-electron chi connectivity index (χ2n) is 11.2. The summed E-state index contributed by atoms with van der Waals surface area (Å²) >= 11 is 0. The van der Waals surface area contributed by atoms with Crippen molar-refractivity contribution in [3.8, 4) is 0 Å². The summed E-state index contributed by atoms with van der Waals surface area (Å²) in [6.07, 6.45) is 0.483. The van der Waals surface area contributed by atoms with Gasteiger partial charge >= 0.3 is 0 Å². The molecule has 5 N–H and O–H groups in total. The lowest BCUT2D eigenvalue weighted by atomic mass is 9.99. The molecule has 0 spiro atoms. The normalized spacial score (nSPS) is 14.1. The Bertz CT molecular complexity index is 1410. The molecule has 8 nitrogen and oxygen atoms in total. The standard InChI is InChI=1S/C36H41N3O5S/c37-45(44,25-31(21-27-13-5-1-6-14-27)35(42)38-33(23-40)29-17-9-3-10-18-29)26-32(22-28-15-7-2-8-16-28)36(43)39-34(24-41)30-19-11-4-12-20-30/h1-20,31-34,40-41H,21-26H2,(H3-,37,38,39,42,43,44)/t31-,32-,33-,34-/m0/s1. The van der Waals surface area contributed by atoms with Crippen LogP contribution in [0.1, 0.15) is 34.3 Å². The van der Waals surface area contributed by atoms with Crippen molar-refractivity contribution >= 4 is 21.9 Å². The van der Waals surface area contributed by atoms with E-state index in [1.807, 2.05) is 121 Å². The van der Waals surface area contributed by atoms with E-state index in [-0.39, 0.29) is 37.6 Å². The molecule has 4 atom stereocenters. The molecule has 4 rings (SSSR count). The van der Waals surface area contributed by atoms with Crippen LogP contribution in [0.4, 0.5) is 0 Å². The van der Waals surface area contributed by atoms with Gasteiger partial charge in [-0.1, -0.05) is 131 Å². The molecule has 0 aliphatic carbocycles. The fourth-order valence-corrected chi connectivity index (χ4v) is 7.36. The van der Waals surface area contributed by atoms with E-state index in [0.717, 1.165) is 22.3 Å². The highest BCUT2D eigenvalue weighted by molar-refractivity contribution is 7.98. The first-order valence-corrected chi connectivity index (χ1v) is 16.9. The van der Waals surface area contributed by atoms with Gasteiger partial charge in [0.1, 0.15) is 11.5 Å². The Kier molecular flexibility index (Phi) is 12.6. The molecule has 0 fully saturated rings. The van der Waals surface area contributed by atoms with Crippen LogP contribution in [0.2, 0.25) is 0 Å². The number of hydrogen-bond donors (Lipinski definition) is 5. The summed E-state index contributed by atoms with van der Waals surface area (Å²) in [4.78, 5) is 27.4. The van der Waals surface area contributed by atoms with Crippen molar-refractivity contribution in [2.75, 3.05) is 24.7 Å². The minimum atomic E-state index is -3.47. The summed E-state index contributed by atoms with van der Waals surface area (Å²) in [5.41, 5.74) is 3.16. The monoisotopic (exact) mass is 627 g/mol. The summed E-state index contributed by atoms with van der Waals surface area (Å²) in [6, 6.07) is 35.5. The molecule has 0 saturated heterocycles. The van der Waals surface area contributed by atoms with Crippen molar-refractivity contribution in [3.05, 3.63) is 144 Å². The maximum absolute atomic E-state index is 14.1. The largest absolute Gasteiger partial charge is 0.631 e. The number of aliphatic hydroxyl groups excluding tert-OH is 2. The number of carbonyl (C=O) groups is 2. The molecule has 2 amide bonds. The fourth-order valence-electron chi connectivity index (χ4n) is 5.39. The smallest absolute Gasteiger partial charge is 0.228 e. The first-order chi connectivity index (χ1) is 21.8. The summed E-state index contributed by atoms with van der Waals surface area (Å²) in [5.74, 6) is -3.05. The van der Waals surface area contributed by atoms with E-state index in [0.29, 0.717) is 0 Å². The zero-order valence-corrected chi connectivity index (χ0v) is 25.9. The minimum absolute atomic E-state index is 0.242. The van der Waals surface area contributed by atoms with Gasteiger partial charge in [0.2, 0.25) is 11.8 Å². The predicted octanol–water partition coefficient (Wildman–Crippen LogP) is 4.45. The predicted molar refractivity (Wildman–Crippen MR) is 177 cm³/mol. The third kappa shape index (κ3) is 10.5. The van der Waals surface area contributed by atoms with E-state index in [2.05, 4.69) is 10.6 Å². The van der Waals surface area contributed by atoms with E-state index >= 15 is 0 Å². The van der Waals surface area contributed by atoms with Gasteiger partial charge in [0, 0.05) is 0 Å². The van der Waals surface area contributed by atoms with Gasteiger partial charge in [-0.25, -0.2) is 0 Å². The molecular formula is C36H41N3O5S. The third-order valence-electron chi connectivity index (χ3n) is 7.73. The number of carbonyl (C=O) groups excluding carboxylic acids is 2. The molecule has 4 aromatic carbocycles. The zero-order chi connectivity index (χ0) is 32.1. The minimum Gasteiger partial charge on any atom is -0.631 e. The Morgan fingerprint density at radius 1 is 0.600 bits per heavy atom. The Morgan fingerprint density at radius 2 is 0.911 bits per heavy atom. The van der Waals surface area contributed by atoms with Gasteiger partial charge in [-0.15, -0.1) is 0 Å². The average Bonchev–Trinajstić information content (AvgIpc) is 3.06. The molecule has 0 heterocycles. The molecule has 9 heteroatoms. The SMILES string of the molecule is N=[S+]([O-])(C[C@H](Cc1ccccc1)C(=O)N[C@@H](CO)c1ccccc1)C[C@H](Cc1ccccc1)C(=O)N[C@@H](CO)c1ccccc1. The molecule has 0 radical (unpaired) electrons. The molecule has 0 unspecified atom stereocenters. The van der Waals surface area contributed by atoms with Crippen molar-refractivity contribution in [1.29, 1.82) is 4.78 Å². The van der Waals surface area contributed by atoms with Crippen LogP contribution in [0.25, 0.3) is 0 Å². The first-order valence-electron chi connectivity index (χ1n) is 15.0. The molecule has 236 valence electrons. The highest BCUT2D eigenvalue weighted by atomic mass is 32.3. The van der Waals surface area contributed by atoms with Crippen LogP contribution < -0.4 is 10.6 Å². The van der Waals surface area contributed by atoms with Gasteiger partial charge < -0.3 is 25.4 Å². The lowest BCUT2D eigenvalue weighted by Crippen LogP contribution is -2.44. The van der Waals surface area contributed by atoms with E-state index < -0.39 is 45.8 Å². The van der Waals surface area contributed by atoms with Crippen molar-refractivity contribution in [1.82, 2.24) is 10.6 Å². The Balaban J connectivity index is 1.56. The Labute approximate surface area is 266 Å². The van der Waals surface area contributed by atoms with Crippen LogP contribution in [0.5, 0.6) is 0 Å². The zero-order valence-electron chi connectivity index (χ0n) is 25.1. The lowest BCUT2D eigenvalue weighted by molar-refractivity contribution is -0.126. The molecule has 45 heavy (non-hydrogen) atoms. The van der Waals surface area contributed by atoms with Gasteiger partial charge in [-0.2, -0.15) is 4.78 Å². The Hall–Kier alpha value is -4.15. The number of benzene rings is 4. The van der Waals surface area contributed by atoms with Gasteiger partial charge in [0.15, 0.2) is 0 Å². The first kappa shape index (κ1) is 33.7. The molecule has 0 saturated carbocycles. The maximum Gasteiger partial charge on any atom is 0.228 e. The van der Waals surface area contributed by atoms with Crippen LogP contribution in [0.3, 0.4) is 0 Å². The highest BCUT2D eigenvalue weighted by Gasteiger charge is 2.33. The van der Waals surface area contributed by atoms with Crippen molar-refractivity contribution in [2.24, 2.45) is 11.8 Å². The molecule has 0 aliphatic rings. The van der Waals surface area contributed by atoms with Gasteiger partial charge in [-0.3, -0.25) is 9.59 Å². The number of nitrogens with one attached hydrogen (secondary N) is 3. The van der Waals surface area contributed by atoms with E-state index in [1.165, 1.54) is 0 Å². The average molecular weight is 628 g/mol. The van der Waals surface area contributed by atoms with E-state index in [9.17, 15) is 24.4 Å². The molecule has 0 bridgehead atoms. The van der Waals surface area contributed by atoms with Crippen molar-refractivity contribution in [2.45, 2.75) is 24.9 Å². The van der Waals surface area contributed by atoms with Crippen LogP contribution in [-0.2, 0) is 32.5 Å². The summed E-state index contributed by atoms with van der Waals surface area (Å²) in [7, 11) is -3.47. The van der Waals surface area contributed by atoms with Crippen LogP contribution >= 0.6 is 0 Å². The number of hydrogen-bond acceptors (Lipinski definition) is 6. The summed E-state index contributed by atoms with van der Waals surface area (Å²) in [5, 5.41) is 25.9. The quantitative estimate of drug-likeness (QED) is 0.117. The molecule has 0 aromatic heterocycles. The fraction of sp³-hybridized carbons (Fsp3) is 0.278. The van der Waals surface area contributed by atoms with Crippen molar-refractivity contribution < 1.29 is 24.4 Å². The molecule has 4 aromatic rings. The van der Waals surface area contributed by atoms with E-state index in [4.69, 9.17) is 4.78 Å². The van der Waals surface area contributed by atoms with Crippen LogP contribution in [-0.4, -0.2) is 51.3 Å². The number of rotatable bonds is 16. The second-order valence-corrected chi connectivity index (χ2v) is 13.5. The molecular weight excluding hydrogens is 586 g/mol. The van der Waals surface area contributed by atoms with Gasteiger partial charge in [0.25, 0.3) is 0 Å². The number of aliphatic hydroxyl groups is 2. The van der Waals surface area contributed by atoms with E-state index in [1.54, 1.807) is 0 Å². The highest BCUT2D eigenvalue weighted by Crippen LogP contribution is 2.23. The second kappa shape index (κ2) is 16.8. The topological polar surface area (TPSA) is 146 Å². The van der Waals surface area contributed by atoms with Crippen molar-refractivity contribution in [3.63, 3.8) is 0 Å².